The predicted octanol–water partition coefficient (Wildman–Crippen LogP) is 4.95. The number of fused-ring (bicyclic) bond motifs is 1. The minimum absolute atomic E-state index is 0.182. The van der Waals surface area contributed by atoms with Crippen molar-refractivity contribution in [2.45, 2.75) is 38.3 Å². The first-order valence-electron chi connectivity index (χ1n) is 11.8. The lowest BCUT2D eigenvalue weighted by atomic mass is 9.89. The van der Waals surface area contributed by atoms with Gasteiger partial charge in [-0.15, -0.1) is 0 Å². The normalized spacial score (nSPS) is 19.5. The first kappa shape index (κ1) is 22.8. The van der Waals surface area contributed by atoms with Gasteiger partial charge >= 0.3 is 6.09 Å². The van der Waals surface area contributed by atoms with Gasteiger partial charge in [0.2, 0.25) is 0 Å². The number of likely N-dealkylation sites (tertiary alicyclic amines) is 1. The molecule has 0 radical (unpaired) electrons. The summed E-state index contributed by atoms with van der Waals surface area (Å²) in [6, 6.07) is 15.6. The number of rotatable bonds is 6. The maximum Gasteiger partial charge on any atom is 0.414 e. The standard InChI is InChI=1S/C26H29FN4O2S/c1-17(34)28-14-22-16-31(26(32)33-22)21-6-7-23(24(27)13-21)18-8-10-30(11-9-18)15-20-12-19-4-2-3-5-25(19)29-20/h2-7,12-13,18,22,29H,8-11,14-16H2,1H3,(H,28,34)/t22-/m0/s1. The van der Waals surface area contributed by atoms with Crippen LogP contribution in [-0.2, 0) is 11.3 Å². The van der Waals surface area contributed by atoms with Crippen molar-refractivity contribution in [1.82, 2.24) is 15.2 Å². The van der Waals surface area contributed by atoms with Crippen LogP contribution in [0.1, 0.15) is 36.9 Å². The molecule has 2 aliphatic heterocycles. The number of H-pyrrole nitrogens is 1. The van der Waals surface area contributed by atoms with Gasteiger partial charge in [0.1, 0.15) is 11.9 Å². The molecule has 2 fully saturated rings. The highest BCUT2D eigenvalue weighted by Gasteiger charge is 2.33. The second-order valence-corrected chi connectivity index (χ2v) is 9.80. The van der Waals surface area contributed by atoms with Crippen LogP contribution in [0.4, 0.5) is 14.9 Å². The quantitative estimate of drug-likeness (QED) is 0.489. The molecule has 3 heterocycles. The molecule has 2 saturated heterocycles. The number of thiocarbonyl (C=S) groups is 1. The van der Waals surface area contributed by atoms with Crippen LogP contribution in [0.15, 0.2) is 48.5 Å². The zero-order valence-corrected chi connectivity index (χ0v) is 20.0. The Morgan fingerprint density at radius 3 is 2.74 bits per heavy atom. The second-order valence-electron chi connectivity index (χ2n) is 9.19. The van der Waals surface area contributed by atoms with Crippen molar-refractivity contribution in [2.75, 3.05) is 31.1 Å². The van der Waals surface area contributed by atoms with Crippen molar-refractivity contribution >= 4 is 39.9 Å². The van der Waals surface area contributed by atoms with Crippen LogP contribution in [-0.4, -0.2) is 53.2 Å². The van der Waals surface area contributed by atoms with Crippen molar-refractivity contribution in [1.29, 1.82) is 0 Å². The van der Waals surface area contributed by atoms with E-state index in [0.29, 0.717) is 23.8 Å². The molecule has 1 amide bonds. The van der Waals surface area contributed by atoms with Crippen LogP contribution in [0.5, 0.6) is 0 Å². The van der Waals surface area contributed by atoms with Gasteiger partial charge < -0.3 is 15.0 Å². The topological polar surface area (TPSA) is 60.6 Å². The van der Waals surface area contributed by atoms with Crippen LogP contribution in [0.3, 0.4) is 0 Å². The number of benzene rings is 2. The third kappa shape index (κ3) is 4.93. The highest BCUT2D eigenvalue weighted by molar-refractivity contribution is 7.80. The Kier molecular flexibility index (Phi) is 6.52. The van der Waals surface area contributed by atoms with Crippen molar-refractivity contribution in [3.8, 4) is 0 Å². The number of carbonyl (C=O) groups is 1. The Balaban J connectivity index is 1.18. The number of hydrogen-bond donors (Lipinski definition) is 2. The summed E-state index contributed by atoms with van der Waals surface area (Å²) in [4.78, 5) is 20.3. The van der Waals surface area contributed by atoms with Crippen LogP contribution in [0.2, 0.25) is 0 Å². The number of ether oxygens (including phenoxy) is 1. The summed E-state index contributed by atoms with van der Waals surface area (Å²) in [6.07, 6.45) is 1.06. The SMILES string of the molecule is CC(=S)NC[C@H]1CN(c2ccc(C3CCN(Cc4cc5ccccc5[nH]4)CC3)c(F)c2)C(=O)O1. The number of nitrogens with one attached hydrogen (secondary N) is 2. The van der Waals surface area contributed by atoms with E-state index in [4.69, 9.17) is 17.0 Å². The lowest BCUT2D eigenvalue weighted by molar-refractivity contribution is 0.143. The highest BCUT2D eigenvalue weighted by atomic mass is 32.1. The summed E-state index contributed by atoms with van der Waals surface area (Å²) in [6.45, 7) is 5.33. The number of para-hydroxylation sites is 1. The lowest BCUT2D eigenvalue weighted by Crippen LogP contribution is -2.33. The molecule has 0 bridgehead atoms. The molecule has 0 unspecified atom stereocenters. The van der Waals surface area contributed by atoms with Crippen LogP contribution < -0.4 is 10.2 Å². The molecular formula is C26H29FN4O2S. The second kappa shape index (κ2) is 9.72. The molecule has 0 aliphatic carbocycles. The number of amides is 1. The summed E-state index contributed by atoms with van der Waals surface area (Å²) in [5.74, 6) is -0.0725. The van der Waals surface area contributed by atoms with E-state index in [0.717, 1.165) is 43.6 Å². The van der Waals surface area contributed by atoms with Gasteiger partial charge in [-0.2, -0.15) is 0 Å². The number of carbonyl (C=O) groups excluding carboxylic acids is 1. The van der Waals surface area contributed by atoms with Gasteiger partial charge in [-0.05, 0) is 74.0 Å². The fraction of sp³-hybridized carbons (Fsp3) is 0.385. The molecule has 178 valence electrons. The molecule has 6 nitrogen and oxygen atoms in total. The van der Waals surface area contributed by atoms with E-state index in [9.17, 15) is 4.79 Å². The van der Waals surface area contributed by atoms with Gasteiger partial charge in [0.05, 0.1) is 23.8 Å². The van der Waals surface area contributed by atoms with Crippen LogP contribution in [0.25, 0.3) is 10.9 Å². The number of nitrogens with zero attached hydrogens (tertiary/aromatic N) is 2. The minimum atomic E-state index is -0.453. The van der Waals surface area contributed by atoms with E-state index in [-0.39, 0.29) is 17.8 Å². The minimum Gasteiger partial charge on any atom is -0.442 e. The monoisotopic (exact) mass is 480 g/mol. The van der Waals surface area contributed by atoms with E-state index < -0.39 is 6.09 Å². The Morgan fingerprint density at radius 1 is 1.21 bits per heavy atom. The largest absolute Gasteiger partial charge is 0.442 e. The Labute approximate surface area is 204 Å². The number of piperidine rings is 1. The summed E-state index contributed by atoms with van der Waals surface area (Å²) >= 11 is 5.01. The number of aromatic amines is 1. The molecule has 0 saturated carbocycles. The summed E-state index contributed by atoms with van der Waals surface area (Å²) in [5, 5.41) is 4.25. The Morgan fingerprint density at radius 2 is 2.00 bits per heavy atom. The van der Waals surface area contributed by atoms with Gasteiger partial charge in [-0.1, -0.05) is 36.5 Å². The molecule has 2 aromatic carbocycles. The number of cyclic esters (lactones) is 1. The first-order valence-corrected chi connectivity index (χ1v) is 12.2. The van der Waals surface area contributed by atoms with E-state index in [1.54, 1.807) is 6.92 Å². The molecule has 2 N–H and O–H groups in total. The molecule has 1 atom stereocenters. The molecular weight excluding hydrogens is 451 g/mol. The number of halogens is 1. The zero-order valence-electron chi connectivity index (χ0n) is 19.2. The summed E-state index contributed by atoms with van der Waals surface area (Å²) in [7, 11) is 0. The van der Waals surface area contributed by atoms with Crippen LogP contribution in [0, 0.1) is 5.82 Å². The average Bonchev–Trinajstić information content (AvgIpc) is 3.40. The predicted molar refractivity (Wildman–Crippen MR) is 136 cm³/mol. The van der Waals surface area contributed by atoms with Gasteiger partial charge in [0, 0.05) is 17.8 Å². The van der Waals surface area contributed by atoms with Crippen molar-refractivity contribution < 1.29 is 13.9 Å². The Bertz CT molecular complexity index is 1170. The molecule has 34 heavy (non-hydrogen) atoms. The third-order valence-corrected chi connectivity index (χ3v) is 6.90. The van der Waals surface area contributed by atoms with Gasteiger partial charge in [-0.3, -0.25) is 9.80 Å². The molecule has 5 rings (SSSR count). The molecule has 3 aromatic rings. The van der Waals surface area contributed by atoms with E-state index in [2.05, 4.69) is 39.5 Å². The van der Waals surface area contributed by atoms with E-state index in [1.165, 1.54) is 22.0 Å². The summed E-state index contributed by atoms with van der Waals surface area (Å²) in [5.41, 5.74) is 3.63. The number of anilines is 1. The van der Waals surface area contributed by atoms with Gasteiger partial charge in [-0.25, -0.2) is 9.18 Å². The van der Waals surface area contributed by atoms with E-state index in [1.807, 2.05) is 18.2 Å². The lowest BCUT2D eigenvalue weighted by Gasteiger charge is -2.32. The van der Waals surface area contributed by atoms with Crippen molar-refractivity contribution in [3.63, 3.8) is 0 Å². The maximum atomic E-state index is 15.1. The third-order valence-electron chi connectivity index (χ3n) is 6.76. The Hall–Kier alpha value is -2.97. The maximum absolute atomic E-state index is 15.1. The fourth-order valence-corrected chi connectivity index (χ4v) is 5.06. The molecule has 0 spiro atoms. The van der Waals surface area contributed by atoms with Crippen molar-refractivity contribution in [2.24, 2.45) is 0 Å². The van der Waals surface area contributed by atoms with Crippen LogP contribution >= 0.6 is 12.2 Å². The first-order chi connectivity index (χ1) is 16.5. The highest BCUT2D eigenvalue weighted by Crippen LogP contribution is 2.33. The molecule has 1 aromatic heterocycles. The number of hydrogen-bond acceptors (Lipinski definition) is 4. The molecule has 8 heteroatoms. The smallest absolute Gasteiger partial charge is 0.414 e. The zero-order chi connectivity index (χ0) is 23.7. The van der Waals surface area contributed by atoms with Gasteiger partial charge in [0.15, 0.2) is 0 Å². The number of aromatic nitrogens is 1. The van der Waals surface area contributed by atoms with Gasteiger partial charge in [0.25, 0.3) is 0 Å². The van der Waals surface area contributed by atoms with Crippen molar-refractivity contribution in [3.05, 3.63) is 65.6 Å². The van der Waals surface area contributed by atoms with E-state index >= 15 is 4.39 Å². The summed E-state index contributed by atoms with van der Waals surface area (Å²) < 4.78 is 20.5. The fourth-order valence-electron chi connectivity index (χ4n) is 4.97. The molecule has 2 aliphatic rings. The average molecular weight is 481 g/mol.